The van der Waals surface area contributed by atoms with Crippen LogP contribution in [-0.2, 0) is 0 Å². The molecule has 0 aromatic heterocycles. The van der Waals surface area contributed by atoms with Gasteiger partial charge in [0.1, 0.15) is 0 Å². The zero-order valence-corrected chi connectivity index (χ0v) is 5.15. The molecule has 0 unspecified atom stereocenters. The largest absolute Gasteiger partial charge is 0.381 e. The molecule has 0 aromatic rings. The van der Waals surface area contributed by atoms with Gasteiger partial charge in [0.25, 0.3) is 0 Å². The van der Waals surface area contributed by atoms with Crippen LogP contribution in [-0.4, -0.2) is 17.4 Å². The van der Waals surface area contributed by atoms with Crippen LogP contribution < -0.4 is 5.32 Å². The van der Waals surface area contributed by atoms with Crippen molar-refractivity contribution in [2.45, 2.75) is 26.3 Å². The minimum Gasteiger partial charge on any atom is -0.381 e. The van der Waals surface area contributed by atoms with Crippen molar-refractivity contribution < 1.29 is 5.11 Å². The third-order valence-electron chi connectivity index (χ3n) is 0.609. The van der Waals surface area contributed by atoms with Crippen LogP contribution in [0.4, 0.5) is 0 Å². The topological polar surface area (TPSA) is 32.3 Å². The van der Waals surface area contributed by atoms with Gasteiger partial charge in [0.15, 0.2) is 0 Å². The maximum Gasteiger partial charge on any atom is 0.0935 e. The molecule has 0 saturated carbocycles. The van der Waals surface area contributed by atoms with Crippen molar-refractivity contribution in [3.63, 3.8) is 0 Å². The van der Waals surface area contributed by atoms with Crippen molar-refractivity contribution in [2.75, 3.05) is 6.73 Å². The SMILES string of the molecule is CC(C)(C)NCO. The lowest BCUT2D eigenvalue weighted by Gasteiger charge is -2.17. The first-order valence-electron chi connectivity index (χ1n) is 2.42. The number of hydrogen-bond acceptors (Lipinski definition) is 2. The average Bonchev–Trinajstić information content (AvgIpc) is 1.30. The smallest absolute Gasteiger partial charge is 0.0935 e. The Morgan fingerprint density at radius 3 is 1.86 bits per heavy atom. The molecule has 0 radical (unpaired) electrons. The van der Waals surface area contributed by atoms with Crippen LogP contribution in [0.1, 0.15) is 20.8 Å². The Balaban J connectivity index is 3.15. The van der Waals surface area contributed by atoms with E-state index in [-0.39, 0.29) is 12.3 Å². The van der Waals surface area contributed by atoms with Gasteiger partial charge in [0.05, 0.1) is 6.73 Å². The van der Waals surface area contributed by atoms with Crippen LogP contribution in [0.3, 0.4) is 0 Å². The molecule has 2 nitrogen and oxygen atoms in total. The first-order valence-corrected chi connectivity index (χ1v) is 2.42. The Kier molecular flexibility index (Phi) is 2.26. The molecule has 0 rings (SSSR count). The Morgan fingerprint density at radius 2 is 1.86 bits per heavy atom. The van der Waals surface area contributed by atoms with Crippen LogP contribution in [0.5, 0.6) is 0 Å². The normalized spacial score (nSPS) is 12.0. The van der Waals surface area contributed by atoms with Crippen molar-refractivity contribution in [1.82, 2.24) is 5.32 Å². The van der Waals surface area contributed by atoms with Gasteiger partial charge in [-0.2, -0.15) is 0 Å². The first kappa shape index (κ1) is 6.92. The van der Waals surface area contributed by atoms with E-state index in [4.69, 9.17) is 5.11 Å². The molecule has 0 saturated heterocycles. The summed E-state index contributed by atoms with van der Waals surface area (Å²) in [6.07, 6.45) is 0. The fourth-order valence-electron chi connectivity index (χ4n) is 0.237. The van der Waals surface area contributed by atoms with Crippen molar-refractivity contribution in [3.8, 4) is 0 Å². The van der Waals surface area contributed by atoms with Crippen LogP contribution in [0, 0.1) is 0 Å². The molecular formula is C5H13NO. The molecular weight excluding hydrogens is 90.1 g/mol. The fourth-order valence-corrected chi connectivity index (χ4v) is 0.237. The van der Waals surface area contributed by atoms with Crippen molar-refractivity contribution in [3.05, 3.63) is 0 Å². The molecule has 44 valence electrons. The van der Waals surface area contributed by atoms with Crippen LogP contribution in [0.2, 0.25) is 0 Å². The number of aliphatic hydroxyl groups excluding tert-OH is 1. The molecule has 2 N–H and O–H groups in total. The lowest BCUT2D eigenvalue weighted by molar-refractivity contribution is 0.218. The average molecular weight is 103 g/mol. The summed E-state index contributed by atoms with van der Waals surface area (Å²) < 4.78 is 0. The van der Waals surface area contributed by atoms with Crippen LogP contribution in [0.25, 0.3) is 0 Å². The van der Waals surface area contributed by atoms with Gasteiger partial charge in [-0.3, -0.25) is 5.32 Å². The minimum atomic E-state index is 0.0503. The van der Waals surface area contributed by atoms with Gasteiger partial charge in [-0.1, -0.05) is 0 Å². The standard InChI is InChI=1S/C5H13NO/c1-5(2,3)6-4-7/h6-7H,4H2,1-3H3. The van der Waals surface area contributed by atoms with Gasteiger partial charge in [0.2, 0.25) is 0 Å². The van der Waals surface area contributed by atoms with Gasteiger partial charge >= 0.3 is 0 Å². The second kappa shape index (κ2) is 2.28. The predicted molar refractivity (Wildman–Crippen MR) is 30.0 cm³/mol. The molecule has 0 aliphatic rings. The summed E-state index contributed by atoms with van der Waals surface area (Å²) >= 11 is 0. The molecule has 7 heavy (non-hydrogen) atoms. The summed E-state index contributed by atoms with van der Waals surface area (Å²) in [6, 6.07) is 0. The van der Waals surface area contributed by atoms with Gasteiger partial charge in [0, 0.05) is 5.54 Å². The Hall–Kier alpha value is -0.0800. The van der Waals surface area contributed by atoms with E-state index in [1.165, 1.54) is 0 Å². The van der Waals surface area contributed by atoms with E-state index in [0.717, 1.165) is 0 Å². The molecule has 0 aliphatic heterocycles. The van der Waals surface area contributed by atoms with Crippen molar-refractivity contribution in [2.24, 2.45) is 0 Å². The highest BCUT2D eigenvalue weighted by molar-refractivity contribution is 4.66. The lowest BCUT2D eigenvalue weighted by atomic mass is 10.1. The first-order chi connectivity index (χ1) is 3.06. The van der Waals surface area contributed by atoms with E-state index in [9.17, 15) is 0 Å². The Labute approximate surface area is 44.5 Å². The van der Waals surface area contributed by atoms with E-state index in [1.54, 1.807) is 0 Å². The molecule has 0 aliphatic carbocycles. The molecule has 2 heteroatoms. The summed E-state index contributed by atoms with van der Waals surface area (Å²) in [5, 5.41) is 11.1. The number of nitrogens with one attached hydrogen (secondary N) is 1. The van der Waals surface area contributed by atoms with E-state index in [0.29, 0.717) is 0 Å². The van der Waals surface area contributed by atoms with E-state index < -0.39 is 0 Å². The third-order valence-corrected chi connectivity index (χ3v) is 0.609. The van der Waals surface area contributed by atoms with E-state index in [1.807, 2.05) is 20.8 Å². The molecule has 0 aromatic carbocycles. The van der Waals surface area contributed by atoms with Crippen LogP contribution >= 0.6 is 0 Å². The minimum absolute atomic E-state index is 0.0503. The van der Waals surface area contributed by atoms with E-state index in [2.05, 4.69) is 5.32 Å². The summed E-state index contributed by atoms with van der Waals surface area (Å²) in [7, 11) is 0. The summed E-state index contributed by atoms with van der Waals surface area (Å²) in [4.78, 5) is 0. The van der Waals surface area contributed by atoms with Gasteiger partial charge < -0.3 is 5.11 Å². The third kappa shape index (κ3) is 5.92. The summed E-state index contributed by atoms with van der Waals surface area (Å²) in [5.74, 6) is 0. The highest BCUT2D eigenvalue weighted by atomic mass is 16.3. The second-order valence-electron chi connectivity index (χ2n) is 2.58. The maximum atomic E-state index is 8.29. The summed E-state index contributed by atoms with van der Waals surface area (Å²) in [5.41, 5.74) is 0.0503. The number of aliphatic hydroxyl groups is 1. The zero-order chi connectivity index (χ0) is 5.91. The Bertz CT molecular complexity index is 46.5. The summed E-state index contributed by atoms with van der Waals surface area (Å²) in [6.45, 7) is 6.07. The second-order valence-corrected chi connectivity index (χ2v) is 2.58. The van der Waals surface area contributed by atoms with Crippen molar-refractivity contribution in [1.29, 1.82) is 0 Å². The lowest BCUT2D eigenvalue weighted by Crippen LogP contribution is -2.36. The molecule has 0 fully saturated rings. The molecule has 0 amide bonds. The molecule has 0 spiro atoms. The zero-order valence-electron chi connectivity index (χ0n) is 5.15. The fraction of sp³-hybridized carbons (Fsp3) is 1.00. The van der Waals surface area contributed by atoms with Gasteiger partial charge in [-0.05, 0) is 20.8 Å². The van der Waals surface area contributed by atoms with Crippen molar-refractivity contribution >= 4 is 0 Å². The molecule has 0 bridgehead atoms. The maximum absolute atomic E-state index is 8.29. The van der Waals surface area contributed by atoms with E-state index >= 15 is 0 Å². The number of rotatable bonds is 1. The molecule has 0 heterocycles. The number of hydrogen-bond donors (Lipinski definition) is 2. The highest BCUT2D eigenvalue weighted by Gasteiger charge is 2.04. The predicted octanol–water partition coefficient (Wildman–Crippen LogP) is 0.324. The van der Waals surface area contributed by atoms with Gasteiger partial charge in [-0.15, -0.1) is 0 Å². The Morgan fingerprint density at radius 1 is 1.43 bits per heavy atom. The van der Waals surface area contributed by atoms with Crippen LogP contribution in [0.15, 0.2) is 0 Å². The highest BCUT2D eigenvalue weighted by Crippen LogP contribution is 1.95. The van der Waals surface area contributed by atoms with Gasteiger partial charge in [-0.25, -0.2) is 0 Å². The molecule has 0 atom stereocenters. The quantitative estimate of drug-likeness (QED) is 0.468. The monoisotopic (exact) mass is 103 g/mol.